The number of nitrogens with zero attached hydrogens (tertiary/aromatic N) is 5. The van der Waals surface area contributed by atoms with E-state index in [0.717, 1.165) is 11.1 Å². The molecule has 184 valence electrons. The molecule has 3 heterocycles. The molecule has 1 saturated heterocycles. The molecule has 0 atom stereocenters. The van der Waals surface area contributed by atoms with Gasteiger partial charge in [0.15, 0.2) is 11.5 Å². The van der Waals surface area contributed by atoms with Crippen LogP contribution in [0.4, 0.5) is 16.3 Å². The Kier molecular flexibility index (Phi) is 6.53. The van der Waals surface area contributed by atoms with Crippen molar-refractivity contribution in [3.63, 3.8) is 0 Å². The van der Waals surface area contributed by atoms with Crippen molar-refractivity contribution in [2.45, 2.75) is 13.5 Å². The number of urea groups is 1. The molecule has 4 aromatic rings. The lowest BCUT2D eigenvalue weighted by atomic mass is 10.1. The third-order valence-corrected chi connectivity index (χ3v) is 6.33. The molecule has 1 aliphatic heterocycles. The van der Waals surface area contributed by atoms with Gasteiger partial charge in [-0.05, 0) is 36.8 Å². The van der Waals surface area contributed by atoms with Crippen LogP contribution in [0.25, 0.3) is 11.2 Å². The summed E-state index contributed by atoms with van der Waals surface area (Å²) in [6.07, 6.45) is 1.68. The van der Waals surface area contributed by atoms with Crippen molar-refractivity contribution in [2.75, 3.05) is 43.5 Å². The second-order valence-electron chi connectivity index (χ2n) is 8.79. The number of aromatic nitrogens is 3. The van der Waals surface area contributed by atoms with Crippen LogP contribution in [0.3, 0.4) is 0 Å². The number of aryl methyl sites for hydroxylation is 1. The maximum absolute atomic E-state index is 13.6. The highest BCUT2D eigenvalue weighted by Gasteiger charge is 2.25. The number of pyridine rings is 1. The van der Waals surface area contributed by atoms with Crippen LogP contribution in [0, 0.1) is 6.92 Å². The summed E-state index contributed by atoms with van der Waals surface area (Å²) in [5.41, 5.74) is 3.89. The fourth-order valence-electron chi connectivity index (χ4n) is 4.32. The van der Waals surface area contributed by atoms with Gasteiger partial charge in [0, 0.05) is 44.1 Å². The number of rotatable bonds is 5. The highest BCUT2D eigenvalue weighted by atomic mass is 16.5. The highest BCUT2D eigenvalue weighted by Crippen LogP contribution is 2.19. The second-order valence-corrected chi connectivity index (χ2v) is 8.79. The van der Waals surface area contributed by atoms with E-state index in [0.29, 0.717) is 61.1 Å². The number of hydrogen-bond donors (Lipinski definition) is 1. The average Bonchev–Trinajstić information content (AvgIpc) is 2.91. The number of carbonyl (C=O) groups is 1. The van der Waals surface area contributed by atoms with Crippen LogP contribution in [0.1, 0.15) is 11.1 Å². The number of nitrogens with one attached hydrogen (secondary N) is 1. The molecule has 0 saturated carbocycles. The normalized spacial score (nSPS) is 13.6. The molecule has 5 rings (SSSR count). The van der Waals surface area contributed by atoms with Gasteiger partial charge in [-0.1, -0.05) is 35.9 Å². The van der Waals surface area contributed by atoms with E-state index in [9.17, 15) is 9.59 Å². The molecule has 1 N–H and O–H groups in total. The van der Waals surface area contributed by atoms with Gasteiger partial charge < -0.3 is 19.9 Å². The fourth-order valence-corrected chi connectivity index (χ4v) is 4.32. The summed E-state index contributed by atoms with van der Waals surface area (Å²) >= 11 is 0. The third kappa shape index (κ3) is 4.86. The molecular formula is C27H28N6O3. The molecule has 0 spiro atoms. The fraction of sp³-hybridized carbons (Fsp3) is 0.259. The summed E-state index contributed by atoms with van der Waals surface area (Å²) in [4.78, 5) is 39.2. The van der Waals surface area contributed by atoms with Gasteiger partial charge in [0.2, 0.25) is 0 Å². The average molecular weight is 485 g/mol. The first-order valence-electron chi connectivity index (χ1n) is 11.9. The van der Waals surface area contributed by atoms with Crippen LogP contribution in [0.2, 0.25) is 0 Å². The molecule has 2 aromatic heterocycles. The van der Waals surface area contributed by atoms with E-state index in [-0.39, 0.29) is 11.6 Å². The molecule has 2 aromatic carbocycles. The largest absolute Gasteiger partial charge is 0.497 e. The van der Waals surface area contributed by atoms with Gasteiger partial charge in [-0.25, -0.2) is 14.8 Å². The van der Waals surface area contributed by atoms with E-state index in [2.05, 4.69) is 15.3 Å². The van der Waals surface area contributed by atoms with Crippen LogP contribution in [-0.4, -0.2) is 58.8 Å². The summed E-state index contributed by atoms with van der Waals surface area (Å²) in [6.45, 7) is 4.40. The number of methoxy groups -OCH3 is 1. The summed E-state index contributed by atoms with van der Waals surface area (Å²) in [5, 5.41) is 2.92. The van der Waals surface area contributed by atoms with Gasteiger partial charge in [-0.15, -0.1) is 0 Å². The Hall–Kier alpha value is -4.40. The minimum atomic E-state index is -0.185. The van der Waals surface area contributed by atoms with Crippen LogP contribution in [-0.2, 0) is 6.54 Å². The first-order chi connectivity index (χ1) is 17.5. The summed E-state index contributed by atoms with van der Waals surface area (Å²) < 4.78 is 6.91. The number of carbonyl (C=O) groups excluding carboxylic acids is 1. The maximum atomic E-state index is 13.6. The number of piperazine rings is 1. The Morgan fingerprint density at radius 3 is 2.56 bits per heavy atom. The maximum Gasteiger partial charge on any atom is 0.321 e. The van der Waals surface area contributed by atoms with Crippen LogP contribution in [0.5, 0.6) is 5.75 Å². The lowest BCUT2D eigenvalue weighted by Crippen LogP contribution is -2.51. The van der Waals surface area contributed by atoms with Crippen molar-refractivity contribution < 1.29 is 9.53 Å². The molecule has 2 amide bonds. The van der Waals surface area contributed by atoms with Crippen molar-refractivity contribution in [3.8, 4) is 5.75 Å². The molecular weight excluding hydrogens is 456 g/mol. The number of fused-ring (bicyclic) bond motifs is 1. The van der Waals surface area contributed by atoms with Crippen LogP contribution < -0.4 is 20.5 Å². The Balaban J connectivity index is 1.35. The quantitative estimate of drug-likeness (QED) is 0.466. The summed E-state index contributed by atoms with van der Waals surface area (Å²) in [5.74, 6) is 1.06. The van der Waals surface area contributed by atoms with E-state index < -0.39 is 0 Å². The molecule has 0 bridgehead atoms. The number of amides is 2. The second kappa shape index (κ2) is 10.1. The Labute approximate surface area is 209 Å². The van der Waals surface area contributed by atoms with Gasteiger partial charge in [0.25, 0.3) is 5.56 Å². The lowest BCUT2D eigenvalue weighted by Gasteiger charge is -2.35. The third-order valence-electron chi connectivity index (χ3n) is 6.33. The smallest absolute Gasteiger partial charge is 0.321 e. The molecule has 0 aliphatic carbocycles. The Morgan fingerprint density at radius 1 is 1.03 bits per heavy atom. The van der Waals surface area contributed by atoms with Crippen LogP contribution >= 0.6 is 0 Å². The van der Waals surface area contributed by atoms with Crippen molar-refractivity contribution in [3.05, 3.63) is 88.3 Å². The van der Waals surface area contributed by atoms with E-state index in [1.54, 1.807) is 28.8 Å². The number of benzene rings is 2. The number of ether oxygens (including phenoxy) is 1. The first kappa shape index (κ1) is 23.3. The summed E-state index contributed by atoms with van der Waals surface area (Å²) in [7, 11) is 1.59. The van der Waals surface area contributed by atoms with E-state index in [1.165, 1.54) is 0 Å². The zero-order chi connectivity index (χ0) is 25.1. The Bertz CT molecular complexity index is 1440. The van der Waals surface area contributed by atoms with Crippen molar-refractivity contribution in [1.82, 2.24) is 19.4 Å². The topological polar surface area (TPSA) is 92.6 Å². The monoisotopic (exact) mass is 484 g/mol. The van der Waals surface area contributed by atoms with Gasteiger partial charge in [0.05, 0.1) is 13.7 Å². The minimum absolute atomic E-state index is 0.184. The van der Waals surface area contributed by atoms with Crippen molar-refractivity contribution in [1.29, 1.82) is 0 Å². The van der Waals surface area contributed by atoms with E-state index in [4.69, 9.17) is 4.74 Å². The molecule has 9 heteroatoms. The van der Waals surface area contributed by atoms with Gasteiger partial charge >= 0.3 is 6.03 Å². The minimum Gasteiger partial charge on any atom is -0.497 e. The van der Waals surface area contributed by atoms with Gasteiger partial charge in [-0.2, -0.15) is 0 Å². The Morgan fingerprint density at radius 2 is 1.81 bits per heavy atom. The molecule has 0 unspecified atom stereocenters. The van der Waals surface area contributed by atoms with Crippen molar-refractivity contribution >= 4 is 28.7 Å². The highest BCUT2D eigenvalue weighted by molar-refractivity contribution is 5.89. The molecule has 0 radical (unpaired) electrons. The van der Waals surface area contributed by atoms with Crippen molar-refractivity contribution in [2.24, 2.45) is 0 Å². The number of anilines is 2. The first-order valence-corrected chi connectivity index (χ1v) is 11.9. The van der Waals surface area contributed by atoms with Gasteiger partial charge in [0.1, 0.15) is 11.3 Å². The van der Waals surface area contributed by atoms with E-state index >= 15 is 0 Å². The van der Waals surface area contributed by atoms with Crippen LogP contribution in [0.15, 0.2) is 71.7 Å². The zero-order valence-corrected chi connectivity index (χ0v) is 20.3. The zero-order valence-electron chi connectivity index (χ0n) is 20.3. The van der Waals surface area contributed by atoms with Gasteiger partial charge in [-0.3, -0.25) is 9.36 Å². The SMILES string of the molecule is COc1cccc(NC(=O)N2CCN(c3nc4cccnc4n(Cc4ccc(C)cc4)c3=O)CC2)c1. The molecule has 36 heavy (non-hydrogen) atoms. The molecule has 1 aliphatic rings. The predicted molar refractivity (Wildman–Crippen MR) is 140 cm³/mol. The predicted octanol–water partition coefficient (Wildman–Crippen LogP) is 3.51. The molecule has 9 nitrogen and oxygen atoms in total. The summed E-state index contributed by atoms with van der Waals surface area (Å²) in [6, 6.07) is 18.9. The van der Waals surface area contributed by atoms with E-state index in [1.807, 2.05) is 66.4 Å². The lowest BCUT2D eigenvalue weighted by molar-refractivity contribution is 0.208. The number of hydrogen-bond acceptors (Lipinski definition) is 6. The molecule has 1 fully saturated rings. The standard InChI is InChI=1S/C27H28N6O3/c1-19-8-10-20(11-9-19)18-33-24-23(7-4-12-28-24)30-25(26(33)34)31-13-15-32(16-14-31)27(35)29-21-5-3-6-22(17-21)36-2/h3-12,17H,13-16,18H2,1-2H3,(H,29,35).